The van der Waals surface area contributed by atoms with Gasteiger partial charge in [-0.25, -0.2) is 0 Å². The molecule has 2 aromatic rings. The molecule has 1 fully saturated rings. The third kappa shape index (κ3) is 4.73. The molecule has 0 saturated carbocycles. The standard InChI is InChI=1S/C18H25ClN4O.ClH/c1-12(23-9-8-15(20)18(2,3)11-23)17-21-16(22-24-17)10-13-4-6-14(19)7-5-13;/h4-7,12,15H,8-11,20H2,1-3H3;1H. The van der Waals surface area contributed by atoms with Gasteiger partial charge in [0.2, 0.25) is 5.89 Å². The van der Waals surface area contributed by atoms with E-state index in [0.29, 0.717) is 18.1 Å². The Labute approximate surface area is 160 Å². The van der Waals surface area contributed by atoms with Crippen LogP contribution in [0.1, 0.15) is 50.5 Å². The molecule has 2 heterocycles. The highest BCUT2D eigenvalue weighted by Crippen LogP contribution is 2.32. The second-order valence-electron chi connectivity index (χ2n) is 7.38. The highest BCUT2D eigenvalue weighted by Gasteiger charge is 2.36. The maximum absolute atomic E-state index is 6.23. The molecule has 0 amide bonds. The molecule has 0 aliphatic carbocycles. The van der Waals surface area contributed by atoms with Crippen LogP contribution in [0, 0.1) is 5.41 Å². The average Bonchev–Trinajstić information content (AvgIpc) is 3.00. The van der Waals surface area contributed by atoms with Crippen LogP contribution in [0.25, 0.3) is 0 Å². The summed E-state index contributed by atoms with van der Waals surface area (Å²) in [4.78, 5) is 6.96. The van der Waals surface area contributed by atoms with E-state index in [4.69, 9.17) is 21.9 Å². The molecule has 0 radical (unpaired) electrons. The number of likely N-dealkylation sites (tertiary alicyclic amines) is 1. The molecule has 1 aromatic heterocycles. The number of halogens is 2. The second kappa shape index (κ2) is 8.04. The lowest BCUT2D eigenvalue weighted by molar-refractivity contribution is 0.0549. The van der Waals surface area contributed by atoms with Crippen molar-refractivity contribution >= 4 is 24.0 Å². The van der Waals surface area contributed by atoms with E-state index in [1.165, 1.54) is 0 Å². The minimum absolute atomic E-state index is 0. The Kier molecular flexibility index (Phi) is 6.49. The molecule has 2 unspecified atom stereocenters. The van der Waals surface area contributed by atoms with Gasteiger partial charge in [-0.05, 0) is 36.5 Å². The van der Waals surface area contributed by atoms with Crippen LogP contribution in [0.5, 0.6) is 0 Å². The number of nitrogens with two attached hydrogens (primary N) is 1. The highest BCUT2D eigenvalue weighted by atomic mass is 35.5. The maximum Gasteiger partial charge on any atom is 0.243 e. The summed E-state index contributed by atoms with van der Waals surface area (Å²) in [7, 11) is 0. The molecular weight excluding hydrogens is 359 g/mol. The van der Waals surface area contributed by atoms with E-state index >= 15 is 0 Å². The van der Waals surface area contributed by atoms with E-state index in [1.807, 2.05) is 24.3 Å². The summed E-state index contributed by atoms with van der Waals surface area (Å²) in [5.74, 6) is 1.37. The van der Waals surface area contributed by atoms with Crippen molar-refractivity contribution < 1.29 is 4.52 Å². The van der Waals surface area contributed by atoms with E-state index < -0.39 is 0 Å². The second-order valence-corrected chi connectivity index (χ2v) is 7.82. The van der Waals surface area contributed by atoms with Crippen molar-refractivity contribution in [2.75, 3.05) is 13.1 Å². The molecule has 1 saturated heterocycles. The molecule has 2 atom stereocenters. The van der Waals surface area contributed by atoms with Crippen LogP contribution in [0.2, 0.25) is 5.02 Å². The molecule has 1 aromatic carbocycles. The number of hydrogen-bond acceptors (Lipinski definition) is 5. The Balaban J connectivity index is 0.00000225. The minimum atomic E-state index is 0. The number of rotatable bonds is 4. The minimum Gasteiger partial charge on any atom is -0.338 e. The molecule has 1 aliphatic heterocycles. The monoisotopic (exact) mass is 384 g/mol. The van der Waals surface area contributed by atoms with Gasteiger partial charge in [0.15, 0.2) is 5.82 Å². The lowest BCUT2D eigenvalue weighted by atomic mass is 9.79. The van der Waals surface area contributed by atoms with Gasteiger partial charge in [-0.2, -0.15) is 4.98 Å². The van der Waals surface area contributed by atoms with Gasteiger partial charge < -0.3 is 10.3 Å². The number of piperidine rings is 1. The summed E-state index contributed by atoms with van der Waals surface area (Å²) in [5, 5.41) is 4.86. The average molecular weight is 385 g/mol. The lowest BCUT2D eigenvalue weighted by Crippen LogP contribution is -2.52. The summed E-state index contributed by atoms with van der Waals surface area (Å²) in [6, 6.07) is 8.05. The number of benzene rings is 1. The van der Waals surface area contributed by atoms with Crippen molar-refractivity contribution in [1.82, 2.24) is 15.0 Å². The summed E-state index contributed by atoms with van der Waals surface area (Å²) in [6.07, 6.45) is 1.63. The van der Waals surface area contributed by atoms with Crippen LogP contribution in [0.15, 0.2) is 28.8 Å². The first kappa shape index (κ1) is 20.2. The van der Waals surface area contributed by atoms with Crippen molar-refractivity contribution in [3.8, 4) is 0 Å². The largest absolute Gasteiger partial charge is 0.338 e. The quantitative estimate of drug-likeness (QED) is 0.866. The third-order valence-corrected chi connectivity index (χ3v) is 5.26. The Hall–Kier alpha value is -1.14. The van der Waals surface area contributed by atoms with Crippen LogP contribution in [-0.2, 0) is 6.42 Å². The zero-order valence-electron chi connectivity index (χ0n) is 14.9. The Bertz CT molecular complexity index is 687. The molecule has 138 valence electrons. The molecule has 2 N–H and O–H groups in total. The zero-order valence-corrected chi connectivity index (χ0v) is 16.5. The molecule has 25 heavy (non-hydrogen) atoms. The zero-order chi connectivity index (χ0) is 17.3. The van der Waals surface area contributed by atoms with Crippen LogP contribution in [0.3, 0.4) is 0 Å². The summed E-state index contributed by atoms with van der Waals surface area (Å²) < 4.78 is 5.51. The van der Waals surface area contributed by atoms with Gasteiger partial charge in [0, 0.05) is 30.6 Å². The number of nitrogens with zero attached hydrogens (tertiary/aromatic N) is 3. The van der Waals surface area contributed by atoms with Crippen LogP contribution >= 0.6 is 24.0 Å². The Morgan fingerprint density at radius 3 is 2.68 bits per heavy atom. The van der Waals surface area contributed by atoms with E-state index in [0.717, 1.165) is 30.1 Å². The maximum atomic E-state index is 6.23. The summed E-state index contributed by atoms with van der Waals surface area (Å²) >= 11 is 5.92. The van der Waals surface area contributed by atoms with Crippen molar-refractivity contribution in [2.45, 2.75) is 45.7 Å². The van der Waals surface area contributed by atoms with Crippen molar-refractivity contribution in [1.29, 1.82) is 0 Å². The first-order valence-corrected chi connectivity index (χ1v) is 8.79. The van der Waals surface area contributed by atoms with Gasteiger partial charge in [-0.3, -0.25) is 4.90 Å². The fourth-order valence-corrected chi connectivity index (χ4v) is 3.32. The summed E-state index contributed by atoms with van der Waals surface area (Å²) in [5.41, 5.74) is 7.44. The molecule has 0 bridgehead atoms. The van der Waals surface area contributed by atoms with Gasteiger partial charge in [0.1, 0.15) is 0 Å². The van der Waals surface area contributed by atoms with Gasteiger partial charge in [-0.15, -0.1) is 12.4 Å². The fourth-order valence-electron chi connectivity index (χ4n) is 3.20. The number of hydrogen-bond donors (Lipinski definition) is 1. The summed E-state index contributed by atoms with van der Waals surface area (Å²) in [6.45, 7) is 8.45. The number of aromatic nitrogens is 2. The lowest BCUT2D eigenvalue weighted by Gasteiger charge is -2.44. The molecule has 0 spiro atoms. The Morgan fingerprint density at radius 2 is 2.04 bits per heavy atom. The van der Waals surface area contributed by atoms with E-state index in [2.05, 4.69) is 35.8 Å². The van der Waals surface area contributed by atoms with Gasteiger partial charge in [0.25, 0.3) is 0 Å². The van der Waals surface area contributed by atoms with E-state index in [1.54, 1.807) is 0 Å². The predicted octanol–water partition coefficient (Wildman–Crippen LogP) is 3.86. The predicted molar refractivity (Wildman–Crippen MR) is 102 cm³/mol. The van der Waals surface area contributed by atoms with Crippen molar-refractivity contribution in [2.24, 2.45) is 11.1 Å². The van der Waals surface area contributed by atoms with E-state index in [-0.39, 0.29) is 29.9 Å². The normalized spacial score (nSPS) is 21.6. The molecular formula is C18H26Cl2N4O. The van der Waals surface area contributed by atoms with Crippen LogP contribution < -0.4 is 5.73 Å². The smallest absolute Gasteiger partial charge is 0.243 e. The third-order valence-electron chi connectivity index (χ3n) is 5.01. The molecule has 5 nitrogen and oxygen atoms in total. The molecule has 1 aliphatic rings. The van der Waals surface area contributed by atoms with Gasteiger partial charge >= 0.3 is 0 Å². The first-order valence-electron chi connectivity index (χ1n) is 8.42. The molecule has 3 rings (SSSR count). The first-order chi connectivity index (χ1) is 11.3. The Morgan fingerprint density at radius 1 is 1.36 bits per heavy atom. The van der Waals surface area contributed by atoms with E-state index in [9.17, 15) is 0 Å². The van der Waals surface area contributed by atoms with Crippen LogP contribution in [-0.4, -0.2) is 34.2 Å². The topological polar surface area (TPSA) is 68.2 Å². The van der Waals surface area contributed by atoms with Gasteiger partial charge in [0.05, 0.1) is 6.04 Å². The van der Waals surface area contributed by atoms with Crippen LogP contribution in [0.4, 0.5) is 0 Å². The SMILES string of the molecule is CC(c1nc(Cc2ccc(Cl)cc2)no1)N1CCC(N)C(C)(C)C1.Cl. The van der Waals surface area contributed by atoms with Gasteiger partial charge in [-0.1, -0.05) is 42.7 Å². The highest BCUT2D eigenvalue weighted by molar-refractivity contribution is 6.30. The van der Waals surface area contributed by atoms with Crippen molar-refractivity contribution in [3.63, 3.8) is 0 Å². The van der Waals surface area contributed by atoms with Crippen molar-refractivity contribution in [3.05, 3.63) is 46.6 Å². The molecule has 7 heteroatoms. The fraction of sp³-hybridized carbons (Fsp3) is 0.556.